The molecule has 0 bridgehead atoms. The number of aromatic nitrogens is 3. The molecule has 0 aliphatic carbocycles. The maximum absolute atomic E-state index is 13.9. The van der Waals surface area contributed by atoms with E-state index in [4.69, 9.17) is 9.47 Å². The molecule has 0 atom stereocenters. The number of imidazole rings is 1. The van der Waals surface area contributed by atoms with Gasteiger partial charge >= 0.3 is 12.1 Å². The Labute approximate surface area is 274 Å². The van der Waals surface area contributed by atoms with Crippen molar-refractivity contribution in [3.8, 4) is 11.1 Å². The molecule has 5 aromatic rings. The molecule has 2 amide bonds. The fourth-order valence-corrected chi connectivity index (χ4v) is 6.19. The first kappa shape index (κ1) is 32.0. The zero-order valence-electron chi connectivity index (χ0n) is 26.6. The van der Waals surface area contributed by atoms with Crippen LogP contribution in [0.1, 0.15) is 30.5 Å². The molecular weight excluding hydrogens is 597 g/mol. The Hall–Kier alpha value is -4.96. The number of hydrogen-bond donors (Lipinski definition) is 0. The summed E-state index contributed by atoms with van der Waals surface area (Å²) in [6.07, 6.45) is 9.42. The lowest BCUT2D eigenvalue weighted by atomic mass is 9.97. The summed E-state index contributed by atoms with van der Waals surface area (Å²) < 4.78 is 27.7. The van der Waals surface area contributed by atoms with E-state index in [1.807, 2.05) is 54.1 Å². The van der Waals surface area contributed by atoms with Crippen LogP contribution in [-0.4, -0.2) is 69.4 Å². The average molecular weight is 638 g/mol. The minimum absolute atomic E-state index is 0.104. The SMILES string of the molecule is COCCCN(Cc1cncn1CC1CCN(C(=O)OCc2ccc(F)cc2)CC1)C(=O)n1ccc(-c2cccc3ccccc23)c1. The van der Waals surface area contributed by atoms with E-state index in [9.17, 15) is 14.0 Å². The predicted molar refractivity (Wildman–Crippen MR) is 178 cm³/mol. The van der Waals surface area contributed by atoms with Crippen molar-refractivity contribution in [2.75, 3.05) is 33.4 Å². The highest BCUT2D eigenvalue weighted by atomic mass is 19.1. The van der Waals surface area contributed by atoms with Gasteiger partial charge in [0.2, 0.25) is 0 Å². The van der Waals surface area contributed by atoms with Gasteiger partial charge in [0, 0.05) is 64.0 Å². The molecular formula is C37H40FN5O4. The minimum Gasteiger partial charge on any atom is -0.445 e. The third kappa shape index (κ3) is 7.89. The maximum Gasteiger partial charge on any atom is 0.410 e. The summed E-state index contributed by atoms with van der Waals surface area (Å²) in [7, 11) is 1.67. The molecule has 2 aromatic heterocycles. The van der Waals surface area contributed by atoms with Gasteiger partial charge in [-0.25, -0.2) is 19.0 Å². The molecule has 0 unspecified atom stereocenters. The topological polar surface area (TPSA) is 81.8 Å². The van der Waals surface area contributed by atoms with Crippen LogP contribution in [0.2, 0.25) is 0 Å². The number of fused-ring (bicyclic) bond motifs is 1. The van der Waals surface area contributed by atoms with Crippen molar-refractivity contribution < 1.29 is 23.5 Å². The largest absolute Gasteiger partial charge is 0.445 e. The van der Waals surface area contributed by atoms with Gasteiger partial charge in [-0.15, -0.1) is 0 Å². The smallest absolute Gasteiger partial charge is 0.410 e. The van der Waals surface area contributed by atoms with Crippen molar-refractivity contribution in [2.24, 2.45) is 5.92 Å². The lowest BCUT2D eigenvalue weighted by Gasteiger charge is -2.32. The number of likely N-dealkylation sites (tertiary alicyclic amines) is 1. The van der Waals surface area contributed by atoms with Gasteiger partial charge in [0.1, 0.15) is 12.4 Å². The molecule has 1 aliphatic heterocycles. The van der Waals surface area contributed by atoms with E-state index in [0.717, 1.165) is 52.5 Å². The Bertz CT molecular complexity index is 1790. The molecule has 0 N–H and O–H groups in total. The van der Waals surface area contributed by atoms with Crippen LogP contribution < -0.4 is 0 Å². The highest BCUT2D eigenvalue weighted by Crippen LogP contribution is 2.29. The van der Waals surface area contributed by atoms with Gasteiger partial charge in [0.25, 0.3) is 0 Å². The zero-order chi connectivity index (χ0) is 32.6. The molecule has 3 aromatic carbocycles. The number of piperidine rings is 1. The first-order valence-corrected chi connectivity index (χ1v) is 16.1. The lowest BCUT2D eigenvalue weighted by Crippen LogP contribution is -2.40. The second kappa shape index (κ2) is 15.1. The van der Waals surface area contributed by atoms with Crippen LogP contribution >= 0.6 is 0 Å². The first-order chi connectivity index (χ1) is 23.0. The van der Waals surface area contributed by atoms with Crippen LogP contribution in [0.15, 0.2) is 97.7 Å². The molecule has 3 heterocycles. The first-order valence-electron chi connectivity index (χ1n) is 16.1. The fourth-order valence-electron chi connectivity index (χ4n) is 6.19. The van der Waals surface area contributed by atoms with E-state index in [-0.39, 0.29) is 24.5 Å². The number of rotatable bonds is 11. The summed E-state index contributed by atoms with van der Waals surface area (Å²) in [5.74, 6) is 0.0373. The van der Waals surface area contributed by atoms with Gasteiger partial charge in [-0.3, -0.25) is 4.57 Å². The lowest BCUT2D eigenvalue weighted by molar-refractivity contribution is 0.0805. The third-order valence-electron chi connectivity index (χ3n) is 8.82. The number of benzene rings is 3. The fraction of sp³-hybridized carbons (Fsp3) is 0.324. The molecule has 0 saturated carbocycles. The number of methoxy groups -OCH3 is 1. The van der Waals surface area contributed by atoms with Crippen LogP contribution in [0.4, 0.5) is 14.0 Å². The number of ether oxygens (including phenoxy) is 2. The van der Waals surface area contributed by atoms with Crippen LogP contribution in [-0.2, 0) is 29.2 Å². The standard InChI is InChI=1S/C37H40FN5O4/c1-46-21-5-17-41(36(44)42-20-16-31(24-42)35-9-4-7-30-6-2-3-8-34(30)35)25-33-22-39-27-43(33)23-28-14-18-40(19-15-28)37(45)47-26-29-10-12-32(38)13-11-29/h2-4,6-13,16,20,22,24,27-28H,5,14-15,17-19,21,23,25-26H2,1H3. The number of carbonyl (C=O) groups is 2. The number of nitrogens with zero attached hydrogens (tertiary/aromatic N) is 5. The van der Waals surface area contributed by atoms with Gasteiger partial charge in [-0.05, 0) is 65.3 Å². The molecule has 0 radical (unpaired) electrons. The predicted octanol–water partition coefficient (Wildman–Crippen LogP) is 7.20. The Morgan fingerprint density at radius 1 is 1.00 bits per heavy atom. The van der Waals surface area contributed by atoms with E-state index >= 15 is 0 Å². The highest BCUT2D eigenvalue weighted by molar-refractivity contribution is 5.97. The normalized spacial score (nSPS) is 13.6. The summed E-state index contributed by atoms with van der Waals surface area (Å²) in [5, 5.41) is 2.31. The van der Waals surface area contributed by atoms with Crippen molar-refractivity contribution in [1.82, 2.24) is 23.9 Å². The van der Waals surface area contributed by atoms with E-state index in [2.05, 4.69) is 33.8 Å². The van der Waals surface area contributed by atoms with Gasteiger partial charge in [-0.1, -0.05) is 54.6 Å². The van der Waals surface area contributed by atoms with Crippen molar-refractivity contribution in [3.05, 3.63) is 115 Å². The second-order valence-corrected chi connectivity index (χ2v) is 12.0. The van der Waals surface area contributed by atoms with Crippen LogP contribution in [0, 0.1) is 11.7 Å². The Balaban J connectivity index is 1.07. The summed E-state index contributed by atoms with van der Waals surface area (Å²) in [6.45, 7) is 3.58. The summed E-state index contributed by atoms with van der Waals surface area (Å²) in [4.78, 5) is 34.5. The summed E-state index contributed by atoms with van der Waals surface area (Å²) >= 11 is 0. The van der Waals surface area contributed by atoms with Gasteiger partial charge in [-0.2, -0.15) is 0 Å². The molecule has 1 aliphatic rings. The van der Waals surface area contributed by atoms with E-state index < -0.39 is 0 Å². The number of halogens is 1. The Morgan fingerprint density at radius 3 is 2.60 bits per heavy atom. The van der Waals surface area contributed by atoms with E-state index in [1.54, 1.807) is 28.7 Å². The minimum atomic E-state index is -0.352. The third-order valence-corrected chi connectivity index (χ3v) is 8.82. The summed E-state index contributed by atoms with van der Waals surface area (Å²) in [5.41, 5.74) is 3.78. The van der Waals surface area contributed by atoms with Gasteiger partial charge < -0.3 is 23.8 Å². The Kier molecular flexibility index (Phi) is 10.3. The van der Waals surface area contributed by atoms with Crippen LogP contribution in [0.5, 0.6) is 0 Å². The number of hydrogen-bond acceptors (Lipinski definition) is 5. The number of carbonyl (C=O) groups excluding carboxylic acids is 2. The molecule has 6 rings (SSSR count). The molecule has 1 fully saturated rings. The molecule has 47 heavy (non-hydrogen) atoms. The van der Waals surface area contributed by atoms with Gasteiger partial charge in [0.05, 0.1) is 18.6 Å². The molecule has 244 valence electrons. The molecule has 9 nitrogen and oxygen atoms in total. The summed E-state index contributed by atoms with van der Waals surface area (Å²) in [6, 6.07) is 22.3. The highest BCUT2D eigenvalue weighted by Gasteiger charge is 2.25. The Morgan fingerprint density at radius 2 is 1.79 bits per heavy atom. The van der Waals surface area contributed by atoms with Crippen molar-refractivity contribution in [2.45, 2.75) is 39.0 Å². The van der Waals surface area contributed by atoms with Crippen molar-refractivity contribution in [3.63, 3.8) is 0 Å². The molecule has 0 spiro atoms. The molecule has 10 heteroatoms. The second-order valence-electron chi connectivity index (χ2n) is 12.0. The number of amides is 2. The monoisotopic (exact) mass is 637 g/mol. The van der Waals surface area contributed by atoms with Crippen LogP contribution in [0.3, 0.4) is 0 Å². The average Bonchev–Trinajstić information content (AvgIpc) is 3.77. The van der Waals surface area contributed by atoms with E-state index in [1.165, 1.54) is 12.1 Å². The quantitative estimate of drug-likeness (QED) is 0.143. The van der Waals surface area contributed by atoms with Crippen molar-refractivity contribution in [1.29, 1.82) is 0 Å². The molecule has 1 saturated heterocycles. The van der Waals surface area contributed by atoms with Gasteiger partial charge in [0.15, 0.2) is 0 Å². The van der Waals surface area contributed by atoms with E-state index in [0.29, 0.717) is 45.1 Å². The van der Waals surface area contributed by atoms with Crippen molar-refractivity contribution >= 4 is 22.9 Å². The zero-order valence-corrected chi connectivity index (χ0v) is 26.6. The maximum atomic E-state index is 13.9. The van der Waals surface area contributed by atoms with Crippen LogP contribution in [0.25, 0.3) is 21.9 Å².